The highest BCUT2D eigenvalue weighted by Crippen LogP contribution is 1.99. The van der Waals surface area contributed by atoms with Crippen molar-refractivity contribution in [2.75, 3.05) is 13.2 Å². The predicted octanol–water partition coefficient (Wildman–Crippen LogP) is 2.25. The van der Waals surface area contributed by atoms with Gasteiger partial charge < -0.3 is 4.74 Å². The van der Waals surface area contributed by atoms with E-state index in [1.54, 1.807) is 13.0 Å². The smallest absolute Gasteiger partial charge is 0.365 e. The number of carbonyl (C=O) groups excluding carboxylic acids is 1. The number of carbonyl (C=O) groups is 1. The van der Waals surface area contributed by atoms with Gasteiger partial charge in [-0.1, -0.05) is 36.4 Å². The van der Waals surface area contributed by atoms with E-state index in [0.717, 1.165) is 5.56 Å². The zero-order valence-electron chi connectivity index (χ0n) is 9.80. The topological polar surface area (TPSA) is 44.8 Å². The van der Waals surface area contributed by atoms with Crippen LogP contribution in [0.5, 0.6) is 0 Å². The van der Waals surface area contributed by atoms with Gasteiger partial charge in [0, 0.05) is 6.08 Å². The van der Waals surface area contributed by atoms with E-state index in [1.807, 2.05) is 30.3 Å². The van der Waals surface area contributed by atoms with Crippen molar-refractivity contribution in [2.24, 2.45) is 0 Å². The summed E-state index contributed by atoms with van der Waals surface area (Å²) < 4.78 is 5.33. The molecule has 1 rings (SSSR count). The van der Waals surface area contributed by atoms with Crippen LogP contribution in [0.3, 0.4) is 0 Å². The van der Waals surface area contributed by atoms with Crippen LogP contribution in [-0.4, -0.2) is 19.2 Å². The Bertz CT molecular complexity index is 346. The summed E-state index contributed by atoms with van der Waals surface area (Å²) in [6.07, 6.45) is 2.86. The van der Waals surface area contributed by atoms with Crippen molar-refractivity contribution in [1.29, 1.82) is 0 Å². The second-order valence-electron chi connectivity index (χ2n) is 3.26. The van der Waals surface area contributed by atoms with Crippen molar-refractivity contribution in [1.82, 2.24) is 0 Å². The lowest BCUT2D eigenvalue weighted by Crippen LogP contribution is -2.08. The maximum atomic E-state index is 10.8. The van der Waals surface area contributed by atoms with E-state index in [2.05, 4.69) is 9.78 Å². The molecule has 4 nitrogen and oxygen atoms in total. The molecule has 1 aromatic carbocycles. The molecule has 0 unspecified atom stereocenters. The lowest BCUT2D eigenvalue weighted by molar-refractivity contribution is -0.272. The number of benzene rings is 1. The van der Waals surface area contributed by atoms with E-state index >= 15 is 0 Å². The zero-order chi connectivity index (χ0) is 12.3. The van der Waals surface area contributed by atoms with Crippen LogP contribution in [0.25, 0.3) is 0 Å². The number of allylic oxidation sites excluding steroid dienone is 1. The second-order valence-corrected chi connectivity index (χ2v) is 3.26. The molecule has 0 aliphatic rings. The van der Waals surface area contributed by atoms with E-state index in [-0.39, 0.29) is 6.61 Å². The van der Waals surface area contributed by atoms with Gasteiger partial charge in [0.05, 0.1) is 13.2 Å². The van der Waals surface area contributed by atoms with Gasteiger partial charge in [-0.25, -0.2) is 4.79 Å². The average molecular weight is 236 g/mol. The number of ether oxygens (including phenoxy) is 1. The largest absolute Gasteiger partial charge is 0.374 e. The first-order valence-corrected chi connectivity index (χ1v) is 5.40. The molecule has 0 fully saturated rings. The van der Waals surface area contributed by atoms with Gasteiger partial charge in [-0.3, -0.25) is 4.89 Å². The molecule has 0 aliphatic heterocycles. The normalized spacial score (nSPS) is 10.6. The highest BCUT2D eigenvalue weighted by molar-refractivity contribution is 5.81. The Balaban J connectivity index is 2.00. The molecule has 0 radical (unpaired) electrons. The Morgan fingerprint density at radius 2 is 2.00 bits per heavy atom. The number of hydrogen-bond donors (Lipinski definition) is 0. The zero-order valence-corrected chi connectivity index (χ0v) is 9.80. The lowest BCUT2D eigenvalue weighted by atomic mass is 10.2. The molecule has 0 atom stereocenters. The molecule has 0 aliphatic carbocycles. The Morgan fingerprint density at radius 3 is 2.71 bits per heavy atom. The first-order chi connectivity index (χ1) is 8.33. The van der Waals surface area contributed by atoms with Crippen molar-refractivity contribution in [2.45, 2.75) is 13.5 Å². The van der Waals surface area contributed by atoms with Crippen LogP contribution < -0.4 is 0 Å². The Morgan fingerprint density at radius 1 is 1.24 bits per heavy atom. The average Bonchev–Trinajstić information content (AvgIpc) is 2.35. The molecule has 0 saturated carbocycles. The molecular weight excluding hydrogens is 220 g/mol. The van der Waals surface area contributed by atoms with Gasteiger partial charge in [-0.05, 0) is 12.5 Å². The summed E-state index contributed by atoms with van der Waals surface area (Å²) >= 11 is 0. The fraction of sp³-hybridized carbons (Fsp3) is 0.308. The van der Waals surface area contributed by atoms with E-state index < -0.39 is 5.97 Å². The van der Waals surface area contributed by atoms with Crippen LogP contribution in [0, 0.1) is 0 Å². The molecule has 0 saturated heterocycles. The van der Waals surface area contributed by atoms with Crippen molar-refractivity contribution in [3.63, 3.8) is 0 Å². The molecule has 0 N–H and O–H groups in total. The molecule has 0 heterocycles. The summed E-state index contributed by atoms with van der Waals surface area (Å²) in [5, 5.41) is 0. The summed E-state index contributed by atoms with van der Waals surface area (Å²) in [5.74, 6) is -0.518. The van der Waals surface area contributed by atoms with Gasteiger partial charge in [0.2, 0.25) is 0 Å². The van der Waals surface area contributed by atoms with Gasteiger partial charge in [0.15, 0.2) is 0 Å². The van der Waals surface area contributed by atoms with Crippen LogP contribution in [-0.2, 0) is 25.9 Å². The first kappa shape index (κ1) is 13.4. The van der Waals surface area contributed by atoms with Crippen LogP contribution >= 0.6 is 0 Å². The summed E-state index contributed by atoms with van der Waals surface area (Å²) in [7, 11) is 0. The third-order valence-corrected chi connectivity index (χ3v) is 1.87. The molecule has 4 heteroatoms. The van der Waals surface area contributed by atoms with E-state index in [4.69, 9.17) is 4.74 Å². The summed E-state index contributed by atoms with van der Waals surface area (Å²) in [6, 6.07) is 9.81. The SMILES string of the molecule is CC=CC(=O)OOCCOCc1ccccc1. The summed E-state index contributed by atoms with van der Waals surface area (Å²) in [6.45, 7) is 2.84. The number of hydrogen-bond acceptors (Lipinski definition) is 4. The van der Waals surface area contributed by atoms with Gasteiger partial charge in [-0.2, -0.15) is 4.89 Å². The van der Waals surface area contributed by atoms with Crippen LogP contribution in [0.2, 0.25) is 0 Å². The fourth-order valence-electron chi connectivity index (χ4n) is 1.12. The lowest BCUT2D eigenvalue weighted by Gasteiger charge is -2.04. The van der Waals surface area contributed by atoms with Gasteiger partial charge in [0.1, 0.15) is 6.61 Å². The monoisotopic (exact) mass is 236 g/mol. The van der Waals surface area contributed by atoms with Crippen molar-refractivity contribution in [3.8, 4) is 0 Å². The molecule has 17 heavy (non-hydrogen) atoms. The molecule has 0 aromatic heterocycles. The maximum absolute atomic E-state index is 10.8. The molecule has 1 aromatic rings. The summed E-state index contributed by atoms with van der Waals surface area (Å²) in [4.78, 5) is 19.9. The third kappa shape index (κ3) is 6.50. The minimum atomic E-state index is -0.518. The van der Waals surface area contributed by atoms with Crippen molar-refractivity contribution >= 4 is 5.97 Å². The van der Waals surface area contributed by atoms with Crippen LogP contribution in [0.1, 0.15) is 12.5 Å². The van der Waals surface area contributed by atoms with E-state index in [9.17, 15) is 4.79 Å². The second kappa shape index (κ2) is 8.50. The van der Waals surface area contributed by atoms with Crippen LogP contribution in [0.15, 0.2) is 42.5 Å². The summed E-state index contributed by atoms with van der Waals surface area (Å²) in [5.41, 5.74) is 1.10. The highest BCUT2D eigenvalue weighted by Gasteiger charge is 1.97. The van der Waals surface area contributed by atoms with Gasteiger partial charge in [0.25, 0.3) is 0 Å². The predicted molar refractivity (Wildman–Crippen MR) is 63.0 cm³/mol. The number of rotatable bonds is 7. The van der Waals surface area contributed by atoms with Crippen molar-refractivity contribution in [3.05, 3.63) is 48.0 Å². The molecule has 0 bridgehead atoms. The standard InChI is InChI=1S/C13H16O4/c1-2-6-13(14)17-16-10-9-15-11-12-7-4-3-5-8-12/h2-8H,9-11H2,1H3. The quantitative estimate of drug-likeness (QED) is 0.315. The Kier molecular flexibility index (Phi) is 6.70. The molecule has 0 spiro atoms. The molecule has 92 valence electrons. The Hall–Kier alpha value is -1.65. The maximum Gasteiger partial charge on any atom is 0.365 e. The molecular formula is C13H16O4. The first-order valence-electron chi connectivity index (χ1n) is 5.40. The Labute approximate surface area is 101 Å². The van der Waals surface area contributed by atoms with E-state index in [0.29, 0.717) is 13.2 Å². The van der Waals surface area contributed by atoms with Crippen molar-refractivity contribution < 1.29 is 19.3 Å². The minimum Gasteiger partial charge on any atom is -0.374 e. The highest BCUT2D eigenvalue weighted by atomic mass is 17.2. The fourth-order valence-corrected chi connectivity index (χ4v) is 1.12. The van der Waals surface area contributed by atoms with Crippen LogP contribution in [0.4, 0.5) is 0 Å². The van der Waals surface area contributed by atoms with Gasteiger partial charge in [-0.15, -0.1) is 0 Å². The minimum absolute atomic E-state index is 0.218. The molecule has 0 amide bonds. The van der Waals surface area contributed by atoms with Gasteiger partial charge >= 0.3 is 5.97 Å². The van der Waals surface area contributed by atoms with E-state index in [1.165, 1.54) is 6.08 Å². The third-order valence-electron chi connectivity index (χ3n) is 1.87.